The molecule has 18 heavy (non-hydrogen) atoms. The van der Waals surface area contributed by atoms with E-state index in [-0.39, 0.29) is 15.5 Å². The highest BCUT2D eigenvalue weighted by Crippen LogP contribution is 2.33. The van der Waals surface area contributed by atoms with Crippen LogP contribution in [0.4, 0.5) is 4.39 Å². The fourth-order valence-electron chi connectivity index (χ4n) is 1.83. The first kappa shape index (κ1) is 13.5. The van der Waals surface area contributed by atoms with Gasteiger partial charge < -0.3 is 0 Å². The number of carbonyl (C=O) groups excluding carboxylic acids is 1. The van der Waals surface area contributed by atoms with Gasteiger partial charge in [0.1, 0.15) is 10.2 Å². The number of benzene rings is 1. The van der Waals surface area contributed by atoms with Crippen LogP contribution < -0.4 is 0 Å². The van der Waals surface area contributed by atoms with Gasteiger partial charge in [-0.2, -0.15) is 0 Å². The van der Waals surface area contributed by atoms with Crippen LogP contribution in [0.3, 0.4) is 0 Å². The van der Waals surface area contributed by atoms with Crippen LogP contribution in [0.25, 0.3) is 0 Å². The molecule has 0 atom stereocenters. The third-order valence-electron chi connectivity index (χ3n) is 2.56. The largest absolute Gasteiger partial charge is 0.288 e. The highest BCUT2D eigenvalue weighted by molar-refractivity contribution is 7.20. The number of thiophene rings is 1. The maximum atomic E-state index is 13.9. The molecule has 0 aliphatic heterocycles. The van der Waals surface area contributed by atoms with Crippen molar-refractivity contribution in [2.45, 2.75) is 13.8 Å². The van der Waals surface area contributed by atoms with Gasteiger partial charge in [0.05, 0.1) is 15.5 Å². The van der Waals surface area contributed by atoms with Crippen molar-refractivity contribution in [3.05, 3.63) is 54.9 Å². The molecule has 0 aliphatic carbocycles. The highest BCUT2D eigenvalue weighted by atomic mass is 35.5. The molecule has 0 saturated heterocycles. The van der Waals surface area contributed by atoms with Gasteiger partial charge in [0.25, 0.3) is 0 Å². The third kappa shape index (κ3) is 2.44. The Balaban J connectivity index is 2.56. The molecule has 94 valence electrons. The van der Waals surface area contributed by atoms with Crippen LogP contribution in [0, 0.1) is 19.7 Å². The molecular formula is C13H9Cl2FOS. The van der Waals surface area contributed by atoms with Crippen molar-refractivity contribution < 1.29 is 9.18 Å². The highest BCUT2D eigenvalue weighted by Gasteiger charge is 2.21. The lowest BCUT2D eigenvalue weighted by Crippen LogP contribution is -2.06. The minimum atomic E-state index is -0.532. The lowest BCUT2D eigenvalue weighted by molar-refractivity contribution is 0.103. The van der Waals surface area contributed by atoms with Gasteiger partial charge in [0.2, 0.25) is 0 Å². The van der Waals surface area contributed by atoms with Crippen molar-refractivity contribution in [2.24, 2.45) is 0 Å². The predicted octanol–water partition coefficient (Wildman–Crippen LogP) is 5.04. The fraction of sp³-hybridized carbons (Fsp3) is 0.154. The molecule has 0 spiro atoms. The Morgan fingerprint density at radius 3 is 2.39 bits per heavy atom. The van der Waals surface area contributed by atoms with E-state index in [0.29, 0.717) is 9.90 Å². The molecule has 0 unspecified atom stereocenters. The first-order valence-electron chi connectivity index (χ1n) is 5.16. The predicted molar refractivity (Wildman–Crippen MR) is 73.6 cm³/mol. The van der Waals surface area contributed by atoms with Crippen molar-refractivity contribution in [3.8, 4) is 0 Å². The van der Waals surface area contributed by atoms with E-state index in [2.05, 4.69) is 0 Å². The molecule has 1 heterocycles. The summed E-state index contributed by atoms with van der Waals surface area (Å²) in [6.45, 7) is 3.48. The summed E-state index contributed by atoms with van der Waals surface area (Å²) in [5.41, 5.74) is 1.67. The molecule has 0 amide bonds. The molecule has 1 aromatic carbocycles. The Bertz CT molecular complexity index is 611. The Hall–Kier alpha value is -0.900. The van der Waals surface area contributed by atoms with Crippen LogP contribution >= 0.6 is 34.5 Å². The second-order valence-electron chi connectivity index (χ2n) is 4.01. The topological polar surface area (TPSA) is 17.1 Å². The van der Waals surface area contributed by atoms with Crippen LogP contribution in [0.5, 0.6) is 0 Å². The van der Waals surface area contributed by atoms with Gasteiger partial charge in [-0.1, -0.05) is 29.3 Å². The first-order valence-corrected chi connectivity index (χ1v) is 6.73. The SMILES string of the molecule is Cc1cc(C)c(C(=O)c2cc(Cl)sc2Cl)c(F)c1. The van der Waals surface area contributed by atoms with Gasteiger partial charge in [-0.05, 0) is 37.1 Å². The Morgan fingerprint density at radius 2 is 1.89 bits per heavy atom. The lowest BCUT2D eigenvalue weighted by Gasteiger charge is -2.07. The summed E-state index contributed by atoms with van der Waals surface area (Å²) in [7, 11) is 0. The van der Waals surface area contributed by atoms with E-state index in [4.69, 9.17) is 23.2 Å². The van der Waals surface area contributed by atoms with Gasteiger partial charge in [-0.3, -0.25) is 4.79 Å². The summed E-state index contributed by atoms with van der Waals surface area (Å²) in [6.07, 6.45) is 0. The van der Waals surface area contributed by atoms with Gasteiger partial charge >= 0.3 is 0 Å². The molecule has 2 rings (SSSR count). The zero-order valence-electron chi connectivity index (χ0n) is 9.68. The zero-order valence-corrected chi connectivity index (χ0v) is 12.0. The molecule has 0 N–H and O–H groups in total. The Kier molecular flexibility index (Phi) is 3.76. The first-order chi connectivity index (χ1) is 8.40. The van der Waals surface area contributed by atoms with Crippen molar-refractivity contribution in [2.75, 3.05) is 0 Å². The van der Waals surface area contributed by atoms with E-state index >= 15 is 0 Å². The molecule has 0 fully saturated rings. The molecule has 5 heteroatoms. The second-order valence-corrected chi connectivity index (χ2v) is 6.29. The molecule has 0 aliphatic rings. The third-order valence-corrected chi connectivity index (χ3v) is 4.05. The average Bonchev–Trinajstić information content (AvgIpc) is 2.56. The fourth-order valence-corrected chi connectivity index (χ4v) is 3.29. The number of ketones is 1. The monoisotopic (exact) mass is 302 g/mol. The minimum absolute atomic E-state index is 0.0527. The molecule has 1 aromatic heterocycles. The standard InChI is InChI=1S/C13H9Cl2FOS/c1-6-3-7(2)11(9(16)4-6)12(17)8-5-10(14)18-13(8)15/h3-5H,1-2H3. The Labute approximate surface area is 118 Å². The van der Waals surface area contributed by atoms with Crippen molar-refractivity contribution in [1.29, 1.82) is 0 Å². The summed E-state index contributed by atoms with van der Waals surface area (Å²) in [5.74, 6) is -0.964. The number of rotatable bonds is 2. The maximum Gasteiger partial charge on any atom is 0.198 e. The van der Waals surface area contributed by atoms with E-state index in [0.717, 1.165) is 16.9 Å². The number of carbonyl (C=O) groups is 1. The van der Waals surface area contributed by atoms with Gasteiger partial charge in [0, 0.05) is 0 Å². The molecule has 0 radical (unpaired) electrons. The van der Waals surface area contributed by atoms with Crippen LogP contribution in [0.1, 0.15) is 27.0 Å². The van der Waals surface area contributed by atoms with Crippen molar-refractivity contribution in [3.63, 3.8) is 0 Å². The van der Waals surface area contributed by atoms with Gasteiger partial charge in [-0.25, -0.2) is 4.39 Å². The summed E-state index contributed by atoms with van der Waals surface area (Å²) >= 11 is 12.8. The summed E-state index contributed by atoms with van der Waals surface area (Å²) in [5, 5.41) is 0. The van der Waals surface area contributed by atoms with Crippen molar-refractivity contribution >= 4 is 40.3 Å². The van der Waals surface area contributed by atoms with Crippen molar-refractivity contribution in [1.82, 2.24) is 0 Å². The normalized spacial score (nSPS) is 10.7. The average molecular weight is 303 g/mol. The summed E-state index contributed by atoms with van der Waals surface area (Å²) in [6, 6.07) is 4.57. The molecular weight excluding hydrogens is 294 g/mol. The molecule has 0 saturated carbocycles. The van der Waals surface area contributed by atoms with Crippen LogP contribution in [0.2, 0.25) is 8.67 Å². The van der Waals surface area contributed by atoms with Crippen LogP contribution in [-0.4, -0.2) is 5.78 Å². The van der Waals surface area contributed by atoms with Crippen LogP contribution in [-0.2, 0) is 0 Å². The van der Waals surface area contributed by atoms with Gasteiger partial charge in [0.15, 0.2) is 5.78 Å². The number of hydrogen-bond acceptors (Lipinski definition) is 2. The Morgan fingerprint density at radius 1 is 1.22 bits per heavy atom. The van der Waals surface area contributed by atoms with Crippen LogP contribution in [0.15, 0.2) is 18.2 Å². The van der Waals surface area contributed by atoms with E-state index in [1.807, 2.05) is 0 Å². The van der Waals surface area contributed by atoms with E-state index in [1.165, 1.54) is 12.1 Å². The molecule has 2 aromatic rings. The number of hydrogen-bond donors (Lipinski definition) is 0. The number of aryl methyl sites for hydroxylation is 2. The van der Waals surface area contributed by atoms with E-state index < -0.39 is 11.6 Å². The molecule has 0 bridgehead atoms. The van der Waals surface area contributed by atoms with E-state index in [9.17, 15) is 9.18 Å². The lowest BCUT2D eigenvalue weighted by atomic mass is 9.98. The second kappa shape index (κ2) is 5.00. The van der Waals surface area contributed by atoms with E-state index in [1.54, 1.807) is 19.9 Å². The quantitative estimate of drug-likeness (QED) is 0.710. The summed E-state index contributed by atoms with van der Waals surface area (Å²) < 4.78 is 14.6. The maximum absolute atomic E-state index is 13.9. The minimum Gasteiger partial charge on any atom is -0.288 e. The van der Waals surface area contributed by atoms with Gasteiger partial charge in [-0.15, -0.1) is 11.3 Å². The summed E-state index contributed by atoms with van der Waals surface area (Å²) in [4.78, 5) is 12.3. The number of halogens is 3. The smallest absolute Gasteiger partial charge is 0.198 e. The molecule has 1 nitrogen and oxygen atoms in total. The zero-order chi connectivity index (χ0) is 13.4.